The number of aryl methyl sites for hydroxylation is 2. The van der Waals surface area contributed by atoms with E-state index in [-0.39, 0.29) is 12.5 Å². The molecule has 1 aliphatic rings. The van der Waals surface area contributed by atoms with E-state index in [2.05, 4.69) is 10.6 Å². The van der Waals surface area contributed by atoms with Gasteiger partial charge in [-0.1, -0.05) is 18.2 Å². The van der Waals surface area contributed by atoms with Crippen LogP contribution in [0.5, 0.6) is 0 Å². The third kappa shape index (κ3) is 5.29. The van der Waals surface area contributed by atoms with Crippen molar-refractivity contribution in [3.8, 4) is 0 Å². The Morgan fingerprint density at radius 1 is 1.04 bits per heavy atom. The highest BCUT2D eigenvalue weighted by Crippen LogP contribution is 2.24. The molecule has 0 saturated carbocycles. The van der Waals surface area contributed by atoms with Gasteiger partial charge < -0.3 is 15.4 Å². The molecule has 6 nitrogen and oxygen atoms in total. The minimum atomic E-state index is -0.668. The molecule has 0 spiro atoms. The molecule has 0 aromatic heterocycles. The predicted molar refractivity (Wildman–Crippen MR) is 110 cm³/mol. The molecule has 0 saturated heterocycles. The van der Waals surface area contributed by atoms with Crippen LogP contribution in [0.15, 0.2) is 42.5 Å². The molecule has 0 bridgehead atoms. The Hall–Kier alpha value is -2.42. The molecule has 3 rings (SSSR count). The van der Waals surface area contributed by atoms with Crippen molar-refractivity contribution < 1.29 is 19.1 Å². The van der Waals surface area contributed by atoms with Crippen LogP contribution in [0.2, 0.25) is 0 Å². The van der Waals surface area contributed by atoms with Crippen molar-refractivity contribution in [1.29, 1.82) is 0 Å². The summed E-state index contributed by atoms with van der Waals surface area (Å²) in [4.78, 5) is 35.7. The molecule has 2 amide bonds. The van der Waals surface area contributed by atoms with Gasteiger partial charge in [0.25, 0.3) is 11.8 Å². The number of halogens is 1. The van der Waals surface area contributed by atoms with Crippen molar-refractivity contribution in [2.45, 2.75) is 19.3 Å². The average Bonchev–Trinajstić information content (AvgIpc) is 3.12. The van der Waals surface area contributed by atoms with E-state index in [1.165, 1.54) is 11.1 Å². The third-order valence-corrected chi connectivity index (χ3v) is 5.20. The summed E-state index contributed by atoms with van der Waals surface area (Å²) in [6, 6.07) is 12.9. The first kappa shape index (κ1) is 19.3. The molecule has 0 radical (unpaired) electrons. The van der Waals surface area contributed by atoms with E-state index < -0.39 is 18.5 Å². The van der Waals surface area contributed by atoms with Gasteiger partial charge in [0.2, 0.25) is 0 Å². The number of hydrogen-bond donors (Lipinski definition) is 2. The van der Waals surface area contributed by atoms with Gasteiger partial charge in [0.1, 0.15) is 6.54 Å². The molecule has 140 valence electrons. The van der Waals surface area contributed by atoms with Crippen LogP contribution in [0.3, 0.4) is 0 Å². The maximum Gasteiger partial charge on any atom is 0.325 e. The zero-order valence-corrected chi connectivity index (χ0v) is 16.7. The van der Waals surface area contributed by atoms with E-state index in [1.807, 2.05) is 46.9 Å². The highest BCUT2D eigenvalue weighted by atomic mass is 127. The molecule has 2 N–H and O–H groups in total. The summed E-state index contributed by atoms with van der Waals surface area (Å²) in [6.45, 7) is -0.690. The fraction of sp³-hybridized carbons (Fsp3) is 0.250. The van der Waals surface area contributed by atoms with Gasteiger partial charge in [-0.25, -0.2) is 0 Å². The molecular formula is C20H19IN2O4. The molecule has 0 aliphatic heterocycles. The van der Waals surface area contributed by atoms with Crippen LogP contribution in [0, 0.1) is 3.57 Å². The number of hydrogen-bond acceptors (Lipinski definition) is 4. The molecule has 7 heteroatoms. The lowest BCUT2D eigenvalue weighted by atomic mass is 10.1. The van der Waals surface area contributed by atoms with Crippen LogP contribution in [0.4, 0.5) is 5.69 Å². The summed E-state index contributed by atoms with van der Waals surface area (Å²) < 4.78 is 5.70. The Morgan fingerprint density at radius 2 is 1.81 bits per heavy atom. The van der Waals surface area contributed by atoms with E-state index in [0.29, 0.717) is 11.3 Å². The number of nitrogens with one attached hydrogen (secondary N) is 2. The molecule has 0 heterocycles. The molecule has 2 aromatic carbocycles. The molecule has 2 aromatic rings. The second kappa shape index (κ2) is 8.98. The van der Waals surface area contributed by atoms with Gasteiger partial charge in [0.05, 0.1) is 5.56 Å². The third-order valence-electron chi connectivity index (χ3n) is 4.26. The van der Waals surface area contributed by atoms with Gasteiger partial charge >= 0.3 is 5.97 Å². The minimum Gasteiger partial charge on any atom is -0.454 e. The molecule has 0 atom stereocenters. The maximum atomic E-state index is 12.0. The molecule has 0 unspecified atom stereocenters. The van der Waals surface area contributed by atoms with Crippen molar-refractivity contribution >= 4 is 46.1 Å². The fourth-order valence-electron chi connectivity index (χ4n) is 2.94. The van der Waals surface area contributed by atoms with Crippen LogP contribution < -0.4 is 10.6 Å². The lowest BCUT2D eigenvalue weighted by Crippen LogP contribution is -2.32. The number of anilines is 1. The van der Waals surface area contributed by atoms with Crippen molar-refractivity contribution in [3.63, 3.8) is 0 Å². The van der Waals surface area contributed by atoms with Crippen molar-refractivity contribution in [1.82, 2.24) is 5.32 Å². The van der Waals surface area contributed by atoms with E-state index in [4.69, 9.17) is 4.74 Å². The summed E-state index contributed by atoms with van der Waals surface area (Å²) in [5, 5.41) is 5.21. The average molecular weight is 478 g/mol. The summed E-state index contributed by atoms with van der Waals surface area (Å²) in [7, 11) is 0. The largest absolute Gasteiger partial charge is 0.454 e. The highest BCUT2D eigenvalue weighted by Gasteiger charge is 2.14. The Kier molecular flexibility index (Phi) is 6.44. The molecular weight excluding hydrogens is 459 g/mol. The normalized spacial score (nSPS) is 12.2. The van der Waals surface area contributed by atoms with Crippen LogP contribution in [-0.2, 0) is 27.2 Å². The molecule has 0 fully saturated rings. The molecule has 27 heavy (non-hydrogen) atoms. The van der Waals surface area contributed by atoms with Crippen LogP contribution in [0.1, 0.15) is 27.9 Å². The lowest BCUT2D eigenvalue weighted by Gasteiger charge is -2.09. The summed E-state index contributed by atoms with van der Waals surface area (Å²) in [5.41, 5.74) is 3.76. The second-order valence-electron chi connectivity index (χ2n) is 6.21. The number of ether oxygens (including phenoxy) is 1. The number of carbonyl (C=O) groups is 3. The number of benzene rings is 2. The van der Waals surface area contributed by atoms with E-state index in [1.54, 1.807) is 18.2 Å². The Bertz CT molecular complexity index is 882. The van der Waals surface area contributed by atoms with Gasteiger partial charge in [0, 0.05) is 9.26 Å². The highest BCUT2D eigenvalue weighted by molar-refractivity contribution is 14.1. The number of fused-ring (bicyclic) bond motifs is 1. The minimum absolute atomic E-state index is 0.296. The smallest absolute Gasteiger partial charge is 0.325 e. The standard InChI is InChI=1S/C20H19IN2O4/c21-17-7-2-1-6-16(17)20(26)22-11-19(25)27-12-18(24)23-15-9-8-13-4-3-5-14(13)10-15/h1-2,6-10H,3-5,11-12H2,(H,22,26)(H,23,24). The number of carbonyl (C=O) groups excluding carboxylic acids is 3. The Morgan fingerprint density at radius 3 is 2.63 bits per heavy atom. The van der Waals surface area contributed by atoms with E-state index >= 15 is 0 Å². The number of rotatable bonds is 6. The monoisotopic (exact) mass is 478 g/mol. The quantitative estimate of drug-likeness (QED) is 0.494. The summed E-state index contributed by atoms with van der Waals surface area (Å²) >= 11 is 2.05. The van der Waals surface area contributed by atoms with Gasteiger partial charge in [0.15, 0.2) is 6.61 Å². The fourth-order valence-corrected chi connectivity index (χ4v) is 3.57. The van der Waals surface area contributed by atoms with E-state index in [9.17, 15) is 14.4 Å². The SMILES string of the molecule is O=C(COC(=O)CNC(=O)c1ccccc1I)Nc1ccc2c(c1)CCC2. The van der Waals surface area contributed by atoms with Gasteiger partial charge in [-0.2, -0.15) is 0 Å². The molecule has 1 aliphatic carbocycles. The Labute approximate surface area is 170 Å². The number of amides is 2. The predicted octanol–water partition coefficient (Wildman–Crippen LogP) is 2.69. The topological polar surface area (TPSA) is 84.5 Å². The first-order valence-corrected chi connectivity index (χ1v) is 9.71. The van der Waals surface area contributed by atoms with Crippen molar-refractivity contribution in [2.75, 3.05) is 18.5 Å². The lowest BCUT2D eigenvalue weighted by molar-refractivity contribution is -0.146. The van der Waals surface area contributed by atoms with Crippen LogP contribution in [0.25, 0.3) is 0 Å². The van der Waals surface area contributed by atoms with Crippen LogP contribution in [-0.4, -0.2) is 30.9 Å². The van der Waals surface area contributed by atoms with Gasteiger partial charge in [-0.15, -0.1) is 0 Å². The zero-order chi connectivity index (χ0) is 19.2. The van der Waals surface area contributed by atoms with Crippen LogP contribution >= 0.6 is 22.6 Å². The van der Waals surface area contributed by atoms with E-state index in [0.717, 1.165) is 22.8 Å². The number of esters is 1. The summed E-state index contributed by atoms with van der Waals surface area (Å²) in [6.07, 6.45) is 3.24. The van der Waals surface area contributed by atoms with Gasteiger partial charge in [-0.05, 0) is 77.2 Å². The zero-order valence-electron chi connectivity index (χ0n) is 14.6. The first-order valence-electron chi connectivity index (χ1n) is 8.63. The van der Waals surface area contributed by atoms with Crippen molar-refractivity contribution in [3.05, 3.63) is 62.7 Å². The second-order valence-corrected chi connectivity index (χ2v) is 7.37. The first-order chi connectivity index (χ1) is 13.0. The summed E-state index contributed by atoms with van der Waals surface area (Å²) in [5.74, 6) is -1.44. The maximum absolute atomic E-state index is 12.0. The van der Waals surface area contributed by atoms with Gasteiger partial charge in [-0.3, -0.25) is 14.4 Å². The van der Waals surface area contributed by atoms with Crippen molar-refractivity contribution in [2.24, 2.45) is 0 Å². The Balaban J connectivity index is 1.41.